The molecule has 0 saturated heterocycles. The monoisotopic (exact) mass is 366 g/mol. The van der Waals surface area contributed by atoms with Crippen molar-refractivity contribution in [2.75, 3.05) is 0 Å². The fourth-order valence-electron chi connectivity index (χ4n) is 1.82. The van der Waals surface area contributed by atoms with Gasteiger partial charge < -0.3 is 0 Å². The first kappa shape index (κ1) is 11.5. The Labute approximate surface area is 121 Å². The standard InChI is InChI=1S/C14H8Br2S/c15-11-5-10(6-12(16)8-11)14-7-9-3-1-2-4-13(9)17-14/h1-8H. The van der Waals surface area contributed by atoms with Gasteiger partial charge in [0.1, 0.15) is 0 Å². The summed E-state index contributed by atoms with van der Waals surface area (Å²) in [7, 11) is 0. The second-order valence-corrected chi connectivity index (χ2v) is 6.72. The Hall–Kier alpha value is -0.640. The van der Waals surface area contributed by atoms with Crippen molar-refractivity contribution in [2.45, 2.75) is 0 Å². The maximum atomic E-state index is 3.53. The molecule has 3 rings (SSSR count). The number of fused-ring (bicyclic) bond motifs is 1. The molecule has 3 aromatic rings. The second kappa shape index (κ2) is 4.56. The predicted octanol–water partition coefficient (Wildman–Crippen LogP) is 6.09. The van der Waals surface area contributed by atoms with Gasteiger partial charge in [0.15, 0.2) is 0 Å². The normalized spacial score (nSPS) is 10.9. The van der Waals surface area contributed by atoms with Crippen molar-refractivity contribution in [3.63, 3.8) is 0 Å². The average Bonchev–Trinajstić information content (AvgIpc) is 2.71. The third-order valence-electron chi connectivity index (χ3n) is 2.57. The van der Waals surface area contributed by atoms with Gasteiger partial charge in [-0.05, 0) is 41.3 Å². The Bertz CT molecular complexity index is 632. The van der Waals surface area contributed by atoms with E-state index in [0.29, 0.717) is 0 Å². The van der Waals surface area contributed by atoms with Crippen molar-refractivity contribution in [3.8, 4) is 10.4 Å². The molecule has 0 atom stereocenters. The molecule has 0 unspecified atom stereocenters. The molecule has 0 spiro atoms. The first-order chi connectivity index (χ1) is 8.22. The summed E-state index contributed by atoms with van der Waals surface area (Å²) in [5, 5.41) is 1.31. The zero-order chi connectivity index (χ0) is 11.8. The smallest absolute Gasteiger partial charge is 0.0356 e. The van der Waals surface area contributed by atoms with E-state index in [1.807, 2.05) is 11.3 Å². The maximum absolute atomic E-state index is 3.53. The van der Waals surface area contributed by atoms with Crippen LogP contribution in [0, 0.1) is 0 Å². The van der Waals surface area contributed by atoms with Crippen molar-refractivity contribution in [1.29, 1.82) is 0 Å². The summed E-state index contributed by atoms with van der Waals surface area (Å²) < 4.78 is 3.53. The highest BCUT2D eigenvalue weighted by Gasteiger charge is 2.05. The fraction of sp³-hybridized carbons (Fsp3) is 0. The highest BCUT2D eigenvalue weighted by molar-refractivity contribution is 9.11. The first-order valence-electron chi connectivity index (χ1n) is 5.17. The van der Waals surface area contributed by atoms with E-state index in [1.54, 1.807) is 0 Å². The quantitative estimate of drug-likeness (QED) is 0.487. The fourth-order valence-corrected chi connectivity index (χ4v) is 4.16. The Morgan fingerprint density at radius 3 is 2.24 bits per heavy atom. The minimum absolute atomic E-state index is 1.10. The molecule has 0 aliphatic carbocycles. The molecule has 0 aliphatic heterocycles. The zero-order valence-corrected chi connectivity index (χ0v) is 12.8. The minimum Gasteiger partial charge on any atom is -0.135 e. The van der Waals surface area contributed by atoms with E-state index in [9.17, 15) is 0 Å². The van der Waals surface area contributed by atoms with Gasteiger partial charge in [0.25, 0.3) is 0 Å². The molecule has 1 heterocycles. The number of hydrogen-bond acceptors (Lipinski definition) is 1. The SMILES string of the molecule is Brc1cc(Br)cc(-c2cc3ccccc3s2)c1. The van der Waals surface area contributed by atoms with Crippen molar-refractivity contribution in [2.24, 2.45) is 0 Å². The maximum Gasteiger partial charge on any atom is 0.0356 e. The lowest BCUT2D eigenvalue weighted by Gasteiger charge is -1.99. The van der Waals surface area contributed by atoms with Crippen LogP contribution in [0.25, 0.3) is 20.5 Å². The third-order valence-corrected chi connectivity index (χ3v) is 4.65. The summed E-state index contributed by atoms with van der Waals surface area (Å²) >= 11 is 8.88. The van der Waals surface area contributed by atoms with E-state index in [4.69, 9.17) is 0 Å². The number of halogens is 2. The largest absolute Gasteiger partial charge is 0.135 e. The first-order valence-corrected chi connectivity index (χ1v) is 7.58. The van der Waals surface area contributed by atoms with E-state index in [0.717, 1.165) is 8.95 Å². The number of benzene rings is 2. The van der Waals surface area contributed by atoms with Crippen LogP contribution in [-0.4, -0.2) is 0 Å². The van der Waals surface area contributed by atoms with Crippen molar-refractivity contribution in [3.05, 3.63) is 57.5 Å². The van der Waals surface area contributed by atoms with Crippen molar-refractivity contribution < 1.29 is 0 Å². The summed E-state index contributed by atoms with van der Waals surface area (Å²) in [4.78, 5) is 1.30. The van der Waals surface area contributed by atoms with Gasteiger partial charge in [-0.2, -0.15) is 0 Å². The number of thiophene rings is 1. The molecule has 1 aromatic heterocycles. The van der Waals surface area contributed by atoms with E-state index in [-0.39, 0.29) is 0 Å². The van der Waals surface area contributed by atoms with Crippen LogP contribution in [0.1, 0.15) is 0 Å². The van der Waals surface area contributed by atoms with E-state index >= 15 is 0 Å². The highest BCUT2D eigenvalue weighted by Crippen LogP contribution is 2.35. The molecular formula is C14H8Br2S. The molecule has 0 fully saturated rings. The average molecular weight is 368 g/mol. The van der Waals surface area contributed by atoms with Crippen LogP contribution < -0.4 is 0 Å². The molecule has 0 amide bonds. The third kappa shape index (κ3) is 2.32. The van der Waals surface area contributed by atoms with Gasteiger partial charge in [-0.1, -0.05) is 50.1 Å². The van der Waals surface area contributed by atoms with Crippen LogP contribution in [0.3, 0.4) is 0 Å². The van der Waals surface area contributed by atoms with Crippen LogP contribution in [0.15, 0.2) is 57.5 Å². The Morgan fingerprint density at radius 2 is 1.53 bits per heavy atom. The second-order valence-electron chi connectivity index (χ2n) is 3.81. The van der Waals surface area contributed by atoms with Gasteiger partial charge >= 0.3 is 0 Å². The number of hydrogen-bond donors (Lipinski definition) is 0. The Kier molecular flexibility index (Phi) is 3.07. The van der Waals surface area contributed by atoms with E-state index in [2.05, 4.69) is 80.4 Å². The summed E-state index contributed by atoms with van der Waals surface area (Å²) in [6.07, 6.45) is 0. The zero-order valence-electron chi connectivity index (χ0n) is 8.78. The van der Waals surface area contributed by atoms with Gasteiger partial charge in [-0.25, -0.2) is 0 Å². The molecular weight excluding hydrogens is 360 g/mol. The molecule has 0 aliphatic rings. The molecule has 84 valence electrons. The number of rotatable bonds is 1. The molecule has 17 heavy (non-hydrogen) atoms. The van der Waals surface area contributed by atoms with Crippen LogP contribution in [0.5, 0.6) is 0 Å². The van der Waals surface area contributed by atoms with E-state index in [1.165, 1.54) is 20.5 Å². The van der Waals surface area contributed by atoms with Gasteiger partial charge in [0, 0.05) is 18.5 Å². The topological polar surface area (TPSA) is 0 Å². The predicted molar refractivity (Wildman–Crippen MR) is 82.7 cm³/mol. The van der Waals surface area contributed by atoms with Crippen molar-refractivity contribution in [1.82, 2.24) is 0 Å². The van der Waals surface area contributed by atoms with Gasteiger partial charge in [-0.15, -0.1) is 11.3 Å². The molecule has 3 heteroatoms. The molecule has 0 N–H and O–H groups in total. The lowest BCUT2D eigenvalue weighted by molar-refractivity contribution is 1.60. The molecule has 0 bridgehead atoms. The summed E-state index contributed by atoms with van der Waals surface area (Å²) in [6, 6.07) is 17.1. The van der Waals surface area contributed by atoms with E-state index < -0.39 is 0 Å². The summed E-state index contributed by atoms with van der Waals surface area (Å²) in [6.45, 7) is 0. The summed E-state index contributed by atoms with van der Waals surface area (Å²) in [5.41, 5.74) is 1.24. The highest BCUT2D eigenvalue weighted by atomic mass is 79.9. The van der Waals surface area contributed by atoms with Gasteiger partial charge in [-0.3, -0.25) is 0 Å². The van der Waals surface area contributed by atoms with Gasteiger partial charge in [0.05, 0.1) is 0 Å². The van der Waals surface area contributed by atoms with Crippen molar-refractivity contribution >= 4 is 53.3 Å². The molecule has 2 aromatic carbocycles. The Balaban J connectivity index is 2.20. The van der Waals surface area contributed by atoms with Crippen LogP contribution in [0.4, 0.5) is 0 Å². The molecule has 0 radical (unpaired) electrons. The van der Waals surface area contributed by atoms with Crippen LogP contribution in [0.2, 0.25) is 0 Å². The lowest BCUT2D eigenvalue weighted by Crippen LogP contribution is -1.73. The van der Waals surface area contributed by atoms with Gasteiger partial charge in [0.2, 0.25) is 0 Å². The molecule has 0 nitrogen and oxygen atoms in total. The minimum atomic E-state index is 1.10. The van der Waals surface area contributed by atoms with Crippen LogP contribution >= 0.6 is 43.2 Å². The Morgan fingerprint density at radius 1 is 0.824 bits per heavy atom. The molecule has 0 saturated carbocycles. The summed E-state index contributed by atoms with van der Waals surface area (Å²) in [5.74, 6) is 0. The van der Waals surface area contributed by atoms with Crippen LogP contribution in [-0.2, 0) is 0 Å². The lowest BCUT2D eigenvalue weighted by atomic mass is 10.1.